The van der Waals surface area contributed by atoms with Gasteiger partial charge in [0.25, 0.3) is 0 Å². The summed E-state index contributed by atoms with van der Waals surface area (Å²) in [5.41, 5.74) is 0.0181. The Hall–Kier alpha value is -1.45. The standard InChI is InChI=1S/C8H7F2NO/c1-5(11-12)6-3-2-4-7(9)8(6)10/h2-4,12H,1H3/b11-5-. The highest BCUT2D eigenvalue weighted by Gasteiger charge is 2.09. The Morgan fingerprint density at radius 3 is 2.67 bits per heavy atom. The van der Waals surface area contributed by atoms with Crippen molar-refractivity contribution in [1.29, 1.82) is 0 Å². The molecule has 1 N–H and O–H groups in total. The van der Waals surface area contributed by atoms with Crippen LogP contribution in [0.15, 0.2) is 23.4 Å². The zero-order valence-electron chi connectivity index (χ0n) is 6.38. The van der Waals surface area contributed by atoms with Gasteiger partial charge in [-0.05, 0) is 19.1 Å². The van der Waals surface area contributed by atoms with Crippen LogP contribution in [0.3, 0.4) is 0 Å². The number of rotatable bonds is 1. The van der Waals surface area contributed by atoms with E-state index in [-0.39, 0.29) is 11.3 Å². The number of nitrogens with zero attached hydrogens (tertiary/aromatic N) is 1. The predicted molar refractivity (Wildman–Crippen MR) is 40.4 cm³/mol. The molecule has 1 aromatic carbocycles. The largest absolute Gasteiger partial charge is 0.411 e. The van der Waals surface area contributed by atoms with Gasteiger partial charge in [-0.15, -0.1) is 0 Å². The second-order valence-corrected chi connectivity index (χ2v) is 2.29. The normalized spacial score (nSPS) is 11.8. The SMILES string of the molecule is C/C(=N/O)c1cccc(F)c1F. The van der Waals surface area contributed by atoms with E-state index in [9.17, 15) is 8.78 Å². The molecule has 12 heavy (non-hydrogen) atoms. The van der Waals surface area contributed by atoms with E-state index in [4.69, 9.17) is 5.21 Å². The van der Waals surface area contributed by atoms with E-state index in [0.717, 1.165) is 6.07 Å². The maximum atomic E-state index is 12.9. The minimum Gasteiger partial charge on any atom is -0.411 e. The first-order valence-corrected chi connectivity index (χ1v) is 3.30. The second kappa shape index (κ2) is 3.30. The summed E-state index contributed by atoms with van der Waals surface area (Å²) in [5, 5.41) is 11.1. The fourth-order valence-corrected chi connectivity index (χ4v) is 0.837. The summed E-state index contributed by atoms with van der Waals surface area (Å²) in [4.78, 5) is 0. The first-order chi connectivity index (χ1) is 5.66. The Bertz CT molecular complexity index is 323. The van der Waals surface area contributed by atoms with Gasteiger partial charge in [0.1, 0.15) is 0 Å². The van der Waals surface area contributed by atoms with Crippen LogP contribution in [0.1, 0.15) is 12.5 Å². The summed E-state index contributed by atoms with van der Waals surface area (Å²) in [5.74, 6) is -1.94. The van der Waals surface area contributed by atoms with Crippen LogP contribution in [0.2, 0.25) is 0 Å². The molecule has 0 unspecified atom stereocenters. The lowest BCUT2D eigenvalue weighted by Gasteiger charge is -2.00. The van der Waals surface area contributed by atoms with Crippen LogP contribution < -0.4 is 0 Å². The molecule has 2 nitrogen and oxygen atoms in total. The molecule has 0 atom stereocenters. The lowest BCUT2D eigenvalue weighted by molar-refractivity contribution is 0.318. The van der Waals surface area contributed by atoms with Gasteiger partial charge in [-0.1, -0.05) is 11.2 Å². The Balaban J connectivity index is 3.26. The van der Waals surface area contributed by atoms with Crippen molar-refractivity contribution in [2.45, 2.75) is 6.92 Å². The molecule has 1 rings (SSSR count). The van der Waals surface area contributed by atoms with Crippen molar-refractivity contribution in [1.82, 2.24) is 0 Å². The van der Waals surface area contributed by atoms with Gasteiger partial charge in [-0.3, -0.25) is 0 Å². The zero-order chi connectivity index (χ0) is 9.14. The van der Waals surface area contributed by atoms with E-state index in [2.05, 4.69) is 5.16 Å². The molecular formula is C8H7F2NO. The Morgan fingerprint density at radius 2 is 2.08 bits per heavy atom. The predicted octanol–water partition coefficient (Wildman–Crippen LogP) is 2.16. The summed E-state index contributed by atoms with van der Waals surface area (Å²) >= 11 is 0. The van der Waals surface area contributed by atoms with Crippen molar-refractivity contribution in [3.8, 4) is 0 Å². The van der Waals surface area contributed by atoms with Gasteiger partial charge in [-0.25, -0.2) is 8.78 Å². The molecule has 0 aliphatic carbocycles. The Labute approximate surface area is 68.1 Å². The Kier molecular flexibility index (Phi) is 2.38. The van der Waals surface area contributed by atoms with E-state index in [1.807, 2.05) is 0 Å². The summed E-state index contributed by atoms with van der Waals surface area (Å²) in [6, 6.07) is 3.69. The maximum absolute atomic E-state index is 12.9. The topological polar surface area (TPSA) is 32.6 Å². The van der Waals surface area contributed by atoms with E-state index < -0.39 is 11.6 Å². The van der Waals surface area contributed by atoms with E-state index in [1.54, 1.807) is 0 Å². The average Bonchev–Trinajstić information content (AvgIpc) is 2.08. The van der Waals surface area contributed by atoms with Crippen LogP contribution in [0, 0.1) is 11.6 Å². The quantitative estimate of drug-likeness (QED) is 0.392. The zero-order valence-corrected chi connectivity index (χ0v) is 6.38. The number of halogens is 2. The number of benzene rings is 1. The number of hydrogen-bond donors (Lipinski definition) is 1. The lowest BCUT2D eigenvalue weighted by atomic mass is 10.1. The molecule has 0 aliphatic heterocycles. The van der Waals surface area contributed by atoms with Gasteiger partial charge in [0.2, 0.25) is 0 Å². The average molecular weight is 171 g/mol. The summed E-state index contributed by atoms with van der Waals surface area (Å²) in [7, 11) is 0. The fraction of sp³-hybridized carbons (Fsp3) is 0.125. The molecule has 0 spiro atoms. The third-order valence-corrected chi connectivity index (χ3v) is 1.49. The molecule has 0 radical (unpaired) electrons. The Morgan fingerprint density at radius 1 is 1.42 bits per heavy atom. The van der Waals surface area contributed by atoms with Crippen molar-refractivity contribution in [3.05, 3.63) is 35.4 Å². The van der Waals surface area contributed by atoms with Gasteiger partial charge < -0.3 is 5.21 Å². The molecule has 0 bridgehead atoms. The van der Waals surface area contributed by atoms with Crippen molar-refractivity contribution in [3.63, 3.8) is 0 Å². The van der Waals surface area contributed by atoms with E-state index in [0.29, 0.717) is 0 Å². The molecule has 0 aliphatic rings. The van der Waals surface area contributed by atoms with Gasteiger partial charge in [0.15, 0.2) is 11.6 Å². The molecule has 0 amide bonds. The van der Waals surface area contributed by atoms with E-state index >= 15 is 0 Å². The molecule has 0 saturated carbocycles. The molecule has 0 fully saturated rings. The van der Waals surface area contributed by atoms with Gasteiger partial charge in [-0.2, -0.15) is 0 Å². The van der Waals surface area contributed by atoms with Crippen molar-refractivity contribution < 1.29 is 14.0 Å². The van der Waals surface area contributed by atoms with Gasteiger partial charge >= 0.3 is 0 Å². The van der Waals surface area contributed by atoms with Crippen molar-refractivity contribution in [2.24, 2.45) is 5.16 Å². The van der Waals surface area contributed by atoms with Crippen LogP contribution in [-0.2, 0) is 0 Å². The third-order valence-electron chi connectivity index (χ3n) is 1.49. The summed E-state index contributed by atoms with van der Waals surface area (Å²) < 4.78 is 25.4. The molecule has 1 aromatic rings. The summed E-state index contributed by atoms with van der Waals surface area (Å²) in [6.07, 6.45) is 0. The highest BCUT2D eigenvalue weighted by molar-refractivity contribution is 5.98. The molecular weight excluding hydrogens is 164 g/mol. The minimum absolute atomic E-state index is 0.0301. The van der Waals surface area contributed by atoms with Crippen LogP contribution >= 0.6 is 0 Å². The molecule has 0 heterocycles. The van der Waals surface area contributed by atoms with Crippen molar-refractivity contribution in [2.75, 3.05) is 0 Å². The smallest absolute Gasteiger partial charge is 0.167 e. The van der Waals surface area contributed by atoms with Gasteiger partial charge in [0.05, 0.1) is 5.71 Å². The van der Waals surface area contributed by atoms with Crippen LogP contribution in [0.4, 0.5) is 8.78 Å². The molecule has 4 heteroatoms. The highest BCUT2D eigenvalue weighted by Crippen LogP contribution is 2.11. The number of oxime groups is 1. The first kappa shape index (κ1) is 8.64. The number of hydrogen-bond acceptors (Lipinski definition) is 2. The van der Waals surface area contributed by atoms with E-state index in [1.165, 1.54) is 19.1 Å². The minimum atomic E-state index is -0.993. The monoisotopic (exact) mass is 171 g/mol. The van der Waals surface area contributed by atoms with Crippen LogP contribution in [0.25, 0.3) is 0 Å². The molecule has 0 aromatic heterocycles. The maximum Gasteiger partial charge on any atom is 0.167 e. The van der Waals surface area contributed by atoms with Crippen molar-refractivity contribution >= 4 is 5.71 Å². The third kappa shape index (κ3) is 1.42. The van der Waals surface area contributed by atoms with Crippen LogP contribution in [0.5, 0.6) is 0 Å². The second-order valence-electron chi connectivity index (χ2n) is 2.29. The summed E-state index contributed by atoms with van der Waals surface area (Å²) in [6.45, 7) is 1.39. The molecule has 64 valence electrons. The highest BCUT2D eigenvalue weighted by atomic mass is 19.2. The fourth-order valence-electron chi connectivity index (χ4n) is 0.837. The van der Waals surface area contributed by atoms with Gasteiger partial charge in [0, 0.05) is 5.56 Å². The van der Waals surface area contributed by atoms with Crippen LogP contribution in [-0.4, -0.2) is 10.9 Å². The first-order valence-electron chi connectivity index (χ1n) is 3.30. The molecule has 0 saturated heterocycles. The lowest BCUT2D eigenvalue weighted by Crippen LogP contribution is -2.00.